The van der Waals surface area contributed by atoms with Gasteiger partial charge in [0.05, 0.1) is 0 Å². The van der Waals surface area contributed by atoms with E-state index in [1.165, 1.54) is 12.8 Å². The van der Waals surface area contributed by atoms with Crippen LogP contribution in [0, 0.1) is 5.92 Å². The summed E-state index contributed by atoms with van der Waals surface area (Å²) in [6, 6.07) is 12.9. The molecule has 2 aromatic rings. The molecule has 1 aromatic carbocycles. The van der Waals surface area contributed by atoms with E-state index in [9.17, 15) is 4.79 Å². The molecule has 2 heterocycles. The highest BCUT2D eigenvalue weighted by atomic mass is 16.5. The van der Waals surface area contributed by atoms with Crippen molar-refractivity contribution in [2.75, 3.05) is 29.9 Å². The highest BCUT2D eigenvalue weighted by molar-refractivity contribution is 5.90. The molecule has 0 radical (unpaired) electrons. The SMILES string of the molecule is CC1CCN(c2ccc(NC(=O)COc3ccccc3)nn2)CC1. The summed E-state index contributed by atoms with van der Waals surface area (Å²) in [5.74, 6) is 2.48. The third-order valence-corrected chi connectivity index (χ3v) is 4.14. The van der Waals surface area contributed by atoms with Gasteiger partial charge >= 0.3 is 0 Å². The van der Waals surface area contributed by atoms with E-state index in [2.05, 4.69) is 27.3 Å². The predicted octanol–water partition coefficient (Wildman–Crippen LogP) is 2.73. The number of para-hydroxylation sites is 1. The Bertz CT molecular complexity index is 652. The van der Waals surface area contributed by atoms with Crippen molar-refractivity contribution in [2.24, 2.45) is 5.92 Å². The van der Waals surface area contributed by atoms with Crippen LogP contribution >= 0.6 is 0 Å². The van der Waals surface area contributed by atoms with Gasteiger partial charge in [-0.25, -0.2) is 0 Å². The Morgan fingerprint density at radius 2 is 1.92 bits per heavy atom. The molecular formula is C18H22N4O2. The number of hydrogen-bond donors (Lipinski definition) is 1. The summed E-state index contributed by atoms with van der Waals surface area (Å²) >= 11 is 0. The van der Waals surface area contributed by atoms with Crippen LogP contribution in [0.1, 0.15) is 19.8 Å². The molecule has 6 heteroatoms. The van der Waals surface area contributed by atoms with Crippen LogP contribution in [0.5, 0.6) is 5.75 Å². The molecule has 1 saturated heterocycles. The third-order valence-electron chi connectivity index (χ3n) is 4.14. The van der Waals surface area contributed by atoms with Gasteiger partial charge < -0.3 is 15.0 Å². The lowest BCUT2D eigenvalue weighted by molar-refractivity contribution is -0.118. The van der Waals surface area contributed by atoms with Gasteiger partial charge in [-0.1, -0.05) is 25.1 Å². The number of ether oxygens (including phenoxy) is 1. The third kappa shape index (κ3) is 4.44. The van der Waals surface area contributed by atoms with Gasteiger partial charge in [-0.2, -0.15) is 0 Å². The number of benzene rings is 1. The van der Waals surface area contributed by atoms with Crippen LogP contribution in [-0.2, 0) is 4.79 Å². The van der Waals surface area contributed by atoms with E-state index in [0.29, 0.717) is 11.6 Å². The molecule has 1 aliphatic rings. The Hall–Kier alpha value is -2.63. The molecule has 1 aromatic heterocycles. The highest BCUT2D eigenvalue weighted by Crippen LogP contribution is 2.21. The largest absolute Gasteiger partial charge is 0.484 e. The van der Waals surface area contributed by atoms with E-state index in [1.54, 1.807) is 18.2 Å². The Morgan fingerprint density at radius 1 is 1.17 bits per heavy atom. The van der Waals surface area contributed by atoms with Crippen molar-refractivity contribution in [3.63, 3.8) is 0 Å². The number of carbonyl (C=O) groups excluding carboxylic acids is 1. The average molecular weight is 326 g/mol. The first kappa shape index (κ1) is 16.2. The first-order valence-electron chi connectivity index (χ1n) is 8.27. The van der Waals surface area contributed by atoms with Crippen LogP contribution < -0.4 is 15.0 Å². The maximum atomic E-state index is 11.9. The second-order valence-corrected chi connectivity index (χ2v) is 6.10. The van der Waals surface area contributed by atoms with Gasteiger partial charge in [-0.15, -0.1) is 10.2 Å². The van der Waals surface area contributed by atoms with Crippen LogP contribution in [-0.4, -0.2) is 35.8 Å². The van der Waals surface area contributed by atoms with Crippen molar-refractivity contribution in [3.05, 3.63) is 42.5 Å². The van der Waals surface area contributed by atoms with Crippen molar-refractivity contribution in [3.8, 4) is 5.75 Å². The van der Waals surface area contributed by atoms with Crippen molar-refractivity contribution in [1.29, 1.82) is 0 Å². The minimum absolute atomic E-state index is 0.0581. The monoisotopic (exact) mass is 326 g/mol. The second kappa shape index (κ2) is 7.77. The maximum Gasteiger partial charge on any atom is 0.263 e. The molecule has 0 aliphatic carbocycles. The van der Waals surface area contributed by atoms with E-state index in [-0.39, 0.29) is 12.5 Å². The zero-order valence-electron chi connectivity index (χ0n) is 13.8. The molecular weight excluding hydrogens is 304 g/mol. The Balaban J connectivity index is 1.49. The molecule has 126 valence electrons. The molecule has 3 rings (SSSR count). The summed E-state index contributed by atoms with van der Waals surface area (Å²) in [5.41, 5.74) is 0. The number of amides is 1. The molecule has 24 heavy (non-hydrogen) atoms. The van der Waals surface area contributed by atoms with Crippen molar-refractivity contribution >= 4 is 17.5 Å². The number of piperidine rings is 1. The first-order chi connectivity index (χ1) is 11.7. The number of carbonyl (C=O) groups is 1. The van der Waals surface area contributed by atoms with Gasteiger partial charge in [0.1, 0.15) is 5.75 Å². The fourth-order valence-corrected chi connectivity index (χ4v) is 2.64. The molecule has 6 nitrogen and oxygen atoms in total. The molecule has 0 unspecified atom stereocenters. The van der Waals surface area contributed by atoms with Crippen molar-refractivity contribution < 1.29 is 9.53 Å². The number of hydrogen-bond acceptors (Lipinski definition) is 5. The standard InChI is InChI=1S/C18H22N4O2/c1-14-9-11-22(12-10-14)17-8-7-16(20-21-17)19-18(23)13-24-15-5-3-2-4-6-15/h2-8,14H,9-13H2,1H3,(H,19,20,23). The zero-order chi connectivity index (χ0) is 16.8. The molecule has 1 fully saturated rings. The average Bonchev–Trinajstić information content (AvgIpc) is 2.62. The van der Waals surface area contributed by atoms with Gasteiger partial charge in [-0.05, 0) is 43.0 Å². The summed E-state index contributed by atoms with van der Waals surface area (Å²) in [5, 5.41) is 11.0. The topological polar surface area (TPSA) is 67.4 Å². The Kier molecular flexibility index (Phi) is 5.25. The summed E-state index contributed by atoms with van der Waals surface area (Å²) in [6.07, 6.45) is 2.36. The predicted molar refractivity (Wildman–Crippen MR) is 93.2 cm³/mol. The molecule has 0 saturated carbocycles. The van der Waals surface area contributed by atoms with E-state index in [1.807, 2.05) is 24.3 Å². The first-order valence-corrected chi connectivity index (χ1v) is 8.27. The normalized spacial score (nSPS) is 15.1. The van der Waals surface area contributed by atoms with Gasteiger partial charge in [0.2, 0.25) is 0 Å². The van der Waals surface area contributed by atoms with Gasteiger partial charge in [0, 0.05) is 13.1 Å². The molecule has 0 atom stereocenters. The maximum absolute atomic E-state index is 11.9. The molecule has 1 amide bonds. The summed E-state index contributed by atoms with van der Waals surface area (Å²) in [6.45, 7) is 4.23. The number of nitrogens with one attached hydrogen (secondary N) is 1. The van der Waals surface area contributed by atoms with Crippen LogP contribution in [0.2, 0.25) is 0 Å². The van der Waals surface area contributed by atoms with Crippen LogP contribution in [0.3, 0.4) is 0 Å². The minimum atomic E-state index is -0.257. The van der Waals surface area contributed by atoms with E-state index >= 15 is 0 Å². The number of anilines is 2. The number of aromatic nitrogens is 2. The van der Waals surface area contributed by atoms with Gasteiger partial charge in [-0.3, -0.25) is 4.79 Å². The highest BCUT2D eigenvalue weighted by Gasteiger charge is 2.17. The summed E-state index contributed by atoms with van der Waals surface area (Å²) < 4.78 is 5.40. The number of rotatable bonds is 5. The van der Waals surface area contributed by atoms with Crippen LogP contribution in [0.15, 0.2) is 42.5 Å². The Labute approximate surface area is 141 Å². The van der Waals surface area contributed by atoms with Gasteiger partial charge in [0.25, 0.3) is 5.91 Å². The Morgan fingerprint density at radius 3 is 2.58 bits per heavy atom. The van der Waals surface area contributed by atoms with E-state index in [0.717, 1.165) is 24.8 Å². The summed E-state index contributed by atoms with van der Waals surface area (Å²) in [7, 11) is 0. The van der Waals surface area contributed by atoms with Crippen LogP contribution in [0.4, 0.5) is 11.6 Å². The lowest BCUT2D eigenvalue weighted by Gasteiger charge is -2.30. The summed E-state index contributed by atoms with van der Waals surface area (Å²) in [4.78, 5) is 14.1. The second-order valence-electron chi connectivity index (χ2n) is 6.10. The molecule has 1 aliphatic heterocycles. The fraction of sp³-hybridized carbons (Fsp3) is 0.389. The smallest absolute Gasteiger partial charge is 0.263 e. The van der Waals surface area contributed by atoms with E-state index < -0.39 is 0 Å². The van der Waals surface area contributed by atoms with Crippen LogP contribution in [0.25, 0.3) is 0 Å². The zero-order valence-corrected chi connectivity index (χ0v) is 13.8. The quantitative estimate of drug-likeness (QED) is 0.915. The fourth-order valence-electron chi connectivity index (χ4n) is 2.64. The molecule has 1 N–H and O–H groups in total. The number of nitrogens with zero attached hydrogens (tertiary/aromatic N) is 3. The minimum Gasteiger partial charge on any atom is -0.484 e. The van der Waals surface area contributed by atoms with Crippen molar-refractivity contribution in [1.82, 2.24) is 10.2 Å². The van der Waals surface area contributed by atoms with Crippen molar-refractivity contribution in [2.45, 2.75) is 19.8 Å². The lowest BCUT2D eigenvalue weighted by atomic mass is 9.99. The molecule has 0 bridgehead atoms. The lowest BCUT2D eigenvalue weighted by Crippen LogP contribution is -2.33. The van der Waals surface area contributed by atoms with Gasteiger partial charge in [0.15, 0.2) is 18.2 Å². The van der Waals surface area contributed by atoms with E-state index in [4.69, 9.17) is 4.74 Å². The molecule has 0 spiro atoms.